The molecule has 0 aromatic rings. The summed E-state index contributed by atoms with van der Waals surface area (Å²) in [7, 11) is 0. The Balaban J connectivity index is 3.62. The van der Waals surface area contributed by atoms with Gasteiger partial charge in [0.1, 0.15) is 5.60 Å². The third-order valence-corrected chi connectivity index (χ3v) is 2.40. The lowest BCUT2D eigenvalue weighted by atomic mass is 10.2. The molecule has 0 rings (SSSR count). The van der Waals surface area contributed by atoms with Crippen molar-refractivity contribution in [2.24, 2.45) is 0 Å². The van der Waals surface area contributed by atoms with E-state index in [1.54, 1.807) is 0 Å². The highest BCUT2D eigenvalue weighted by molar-refractivity contribution is 5.67. The number of rotatable bonds is 8. The van der Waals surface area contributed by atoms with Crippen LogP contribution in [0, 0.1) is 0 Å². The monoisotopic (exact) mass is 260 g/mol. The number of hydrogen-bond acceptors (Lipinski definition) is 4. The number of nitrogens with one attached hydrogen (secondary N) is 1. The summed E-state index contributed by atoms with van der Waals surface area (Å²) in [5, 5.41) is 11.5. The first kappa shape index (κ1) is 17.2. The first-order valence-electron chi connectivity index (χ1n) is 6.69. The fourth-order valence-corrected chi connectivity index (χ4v) is 1.53. The van der Waals surface area contributed by atoms with E-state index in [4.69, 9.17) is 9.84 Å². The lowest BCUT2D eigenvalue weighted by Crippen LogP contribution is -2.34. The number of carbonyl (C=O) groups excluding carboxylic acids is 1. The third kappa shape index (κ3) is 10.4. The van der Waals surface area contributed by atoms with Crippen LogP contribution in [-0.2, 0) is 4.74 Å². The van der Waals surface area contributed by atoms with Crippen LogP contribution in [0.2, 0.25) is 0 Å². The lowest BCUT2D eigenvalue weighted by Gasteiger charge is -2.21. The number of ether oxygens (including phenoxy) is 1. The number of carbonyl (C=O) groups is 1. The number of nitrogens with zero attached hydrogens (tertiary/aromatic N) is 1. The Morgan fingerprint density at radius 3 is 2.39 bits per heavy atom. The van der Waals surface area contributed by atoms with E-state index in [0.29, 0.717) is 6.54 Å². The molecule has 0 aliphatic rings. The van der Waals surface area contributed by atoms with Crippen molar-refractivity contribution in [3.05, 3.63) is 0 Å². The Morgan fingerprint density at radius 1 is 1.28 bits per heavy atom. The summed E-state index contributed by atoms with van der Waals surface area (Å²) in [5.74, 6) is 0. The number of hydrogen-bond donors (Lipinski definition) is 2. The summed E-state index contributed by atoms with van der Waals surface area (Å²) in [6.07, 6.45) is 1.33. The van der Waals surface area contributed by atoms with Gasteiger partial charge in [-0.25, -0.2) is 4.79 Å². The highest BCUT2D eigenvalue weighted by Gasteiger charge is 2.15. The van der Waals surface area contributed by atoms with Gasteiger partial charge < -0.3 is 20.1 Å². The smallest absolute Gasteiger partial charge is 0.407 e. The van der Waals surface area contributed by atoms with E-state index < -0.39 is 5.60 Å². The molecule has 0 atom stereocenters. The SMILES string of the molecule is CCN(CCCO)CCCNC(=O)OC(C)(C)C. The average Bonchev–Trinajstić information content (AvgIpc) is 2.26. The zero-order valence-corrected chi connectivity index (χ0v) is 12.2. The Hall–Kier alpha value is -0.810. The minimum absolute atomic E-state index is 0.229. The first-order chi connectivity index (χ1) is 8.39. The second-order valence-corrected chi connectivity index (χ2v) is 5.29. The van der Waals surface area contributed by atoms with Gasteiger partial charge in [-0.3, -0.25) is 0 Å². The molecule has 0 saturated heterocycles. The lowest BCUT2D eigenvalue weighted by molar-refractivity contribution is 0.0525. The molecule has 0 aromatic carbocycles. The Labute approximate surface area is 110 Å². The predicted molar refractivity (Wildman–Crippen MR) is 72.7 cm³/mol. The summed E-state index contributed by atoms with van der Waals surface area (Å²) in [6, 6.07) is 0. The molecule has 0 heterocycles. The highest BCUT2D eigenvalue weighted by atomic mass is 16.6. The molecular weight excluding hydrogens is 232 g/mol. The molecule has 2 N–H and O–H groups in total. The molecule has 0 unspecified atom stereocenters. The maximum atomic E-state index is 11.4. The first-order valence-corrected chi connectivity index (χ1v) is 6.69. The largest absolute Gasteiger partial charge is 0.444 e. The van der Waals surface area contributed by atoms with Crippen LogP contribution in [0.25, 0.3) is 0 Å². The summed E-state index contributed by atoms with van der Waals surface area (Å²) in [5.41, 5.74) is -0.444. The molecule has 18 heavy (non-hydrogen) atoms. The predicted octanol–water partition coefficient (Wildman–Crippen LogP) is 1.61. The molecule has 0 spiro atoms. The van der Waals surface area contributed by atoms with Crippen LogP contribution >= 0.6 is 0 Å². The van der Waals surface area contributed by atoms with Crippen molar-refractivity contribution in [3.8, 4) is 0 Å². The van der Waals surface area contributed by atoms with Crippen LogP contribution in [0.1, 0.15) is 40.5 Å². The van der Waals surface area contributed by atoms with Crippen LogP contribution < -0.4 is 5.32 Å². The standard InChI is InChI=1S/C13H28N2O3/c1-5-15(10-7-11-16)9-6-8-14-12(17)18-13(2,3)4/h16H,5-11H2,1-4H3,(H,14,17). The normalized spacial score (nSPS) is 11.7. The maximum absolute atomic E-state index is 11.4. The highest BCUT2D eigenvalue weighted by Crippen LogP contribution is 2.06. The van der Waals surface area contributed by atoms with E-state index in [0.717, 1.165) is 32.5 Å². The molecule has 0 fully saturated rings. The van der Waals surface area contributed by atoms with Crippen LogP contribution in [0.3, 0.4) is 0 Å². The summed E-state index contributed by atoms with van der Waals surface area (Å²) in [4.78, 5) is 13.6. The minimum atomic E-state index is -0.444. The van der Waals surface area contributed by atoms with E-state index in [-0.39, 0.29) is 12.7 Å². The Kier molecular flexibility index (Phi) is 8.75. The molecule has 5 heteroatoms. The van der Waals surface area contributed by atoms with Crippen molar-refractivity contribution >= 4 is 6.09 Å². The second kappa shape index (κ2) is 9.16. The number of aliphatic hydroxyl groups excluding tert-OH is 1. The van der Waals surface area contributed by atoms with Crippen molar-refractivity contribution in [2.45, 2.75) is 46.1 Å². The Bertz CT molecular complexity index is 227. The van der Waals surface area contributed by atoms with E-state index in [1.807, 2.05) is 20.8 Å². The number of aliphatic hydroxyl groups is 1. The fourth-order valence-electron chi connectivity index (χ4n) is 1.53. The molecule has 108 valence electrons. The van der Waals surface area contributed by atoms with Crippen molar-refractivity contribution in [1.29, 1.82) is 0 Å². The Morgan fingerprint density at radius 2 is 1.89 bits per heavy atom. The molecular formula is C13H28N2O3. The van der Waals surface area contributed by atoms with Gasteiger partial charge in [-0.15, -0.1) is 0 Å². The number of amides is 1. The van der Waals surface area contributed by atoms with Gasteiger partial charge in [-0.1, -0.05) is 6.92 Å². The minimum Gasteiger partial charge on any atom is -0.444 e. The van der Waals surface area contributed by atoms with Crippen molar-refractivity contribution in [2.75, 3.05) is 32.8 Å². The summed E-state index contributed by atoms with van der Waals surface area (Å²) >= 11 is 0. The van der Waals surface area contributed by atoms with E-state index >= 15 is 0 Å². The quantitative estimate of drug-likeness (QED) is 0.651. The van der Waals surface area contributed by atoms with Gasteiger partial charge in [0, 0.05) is 19.7 Å². The van der Waals surface area contributed by atoms with Gasteiger partial charge in [0.15, 0.2) is 0 Å². The van der Waals surface area contributed by atoms with Crippen LogP contribution in [0.5, 0.6) is 0 Å². The van der Waals surface area contributed by atoms with Crippen molar-refractivity contribution in [3.63, 3.8) is 0 Å². The molecule has 0 aliphatic carbocycles. The molecule has 0 bridgehead atoms. The van der Waals surface area contributed by atoms with Gasteiger partial charge in [-0.05, 0) is 46.7 Å². The number of alkyl carbamates (subject to hydrolysis) is 1. The molecule has 1 amide bonds. The van der Waals surface area contributed by atoms with E-state index in [9.17, 15) is 4.79 Å². The second-order valence-electron chi connectivity index (χ2n) is 5.29. The van der Waals surface area contributed by atoms with Gasteiger partial charge in [0.2, 0.25) is 0 Å². The van der Waals surface area contributed by atoms with Crippen molar-refractivity contribution < 1.29 is 14.6 Å². The molecule has 0 saturated carbocycles. The summed E-state index contributed by atoms with van der Waals surface area (Å²) < 4.78 is 5.14. The van der Waals surface area contributed by atoms with Gasteiger partial charge in [-0.2, -0.15) is 0 Å². The van der Waals surface area contributed by atoms with Crippen LogP contribution in [0.4, 0.5) is 4.79 Å². The fraction of sp³-hybridized carbons (Fsp3) is 0.923. The van der Waals surface area contributed by atoms with Crippen molar-refractivity contribution in [1.82, 2.24) is 10.2 Å². The molecule has 5 nitrogen and oxygen atoms in total. The van der Waals surface area contributed by atoms with Crippen LogP contribution in [0.15, 0.2) is 0 Å². The third-order valence-electron chi connectivity index (χ3n) is 2.40. The van der Waals surface area contributed by atoms with Gasteiger partial charge in [0.25, 0.3) is 0 Å². The van der Waals surface area contributed by atoms with Gasteiger partial charge >= 0.3 is 6.09 Å². The summed E-state index contributed by atoms with van der Waals surface area (Å²) in [6.45, 7) is 11.3. The van der Waals surface area contributed by atoms with Gasteiger partial charge in [0.05, 0.1) is 0 Å². The molecule has 0 aromatic heterocycles. The maximum Gasteiger partial charge on any atom is 0.407 e. The van der Waals surface area contributed by atoms with Crippen LogP contribution in [-0.4, -0.2) is 54.5 Å². The molecule has 0 radical (unpaired) electrons. The van der Waals surface area contributed by atoms with E-state index in [1.165, 1.54) is 0 Å². The molecule has 0 aliphatic heterocycles. The average molecular weight is 260 g/mol. The zero-order chi connectivity index (χ0) is 14.0. The zero-order valence-electron chi connectivity index (χ0n) is 12.2. The topological polar surface area (TPSA) is 61.8 Å². The van der Waals surface area contributed by atoms with E-state index in [2.05, 4.69) is 17.1 Å².